The van der Waals surface area contributed by atoms with E-state index < -0.39 is 0 Å². The Labute approximate surface area is 159 Å². The number of hydrogen-bond acceptors (Lipinski definition) is 4. The second-order valence-corrected chi connectivity index (χ2v) is 6.35. The first-order chi connectivity index (χ1) is 12.7. The van der Waals surface area contributed by atoms with Gasteiger partial charge < -0.3 is 15.1 Å². The molecular formula is C22H35N3O. The Hall–Kier alpha value is -2.07. The number of benzene rings is 1. The summed E-state index contributed by atoms with van der Waals surface area (Å²) in [6, 6.07) is 12.3. The number of rotatable bonds is 10. The number of aliphatic imine (C=N–C) groups is 1. The normalized spacial score (nSPS) is 10.6. The third kappa shape index (κ3) is 10.0. The highest BCUT2D eigenvalue weighted by Gasteiger charge is 1.96. The van der Waals surface area contributed by atoms with Crippen molar-refractivity contribution < 1.29 is 4.42 Å². The molecule has 26 heavy (non-hydrogen) atoms. The second-order valence-electron chi connectivity index (χ2n) is 6.35. The van der Waals surface area contributed by atoms with Crippen LogP contribution in [0.15, 0.2) is 45.8 Å². The number of nitrogens with zero attached hydrogens (tertiary/aromatic N) is 1. The van der Waals surface area contributed by atoms with Crippen LogP contribution < -0.4 is 10.6 Å². The van der Waals surface area contributed by atoms with Crippen LogP contribution in [0.2, 0.25) is 0 Å². The number of furan rings is 1. The van der Waals surface area contributed by atoms with Gasteiger partial charge in [0, 0.05) is 12.2 Å². The van der Waals surface area contributed by atoms with Crippen LogP contribution in [0, 0.1) is 6.92 Å². The van der Waals surface area contributed by atoms with Crippen LogP contribution in [0.25, 0.3) is 0 Å². The molecule has 0 aliphatic rings. The van der Waals surface area contributed by atoms with Crippen molar-refractivity contribution in [3.8, 4) is 0 Å². The van der Waals surface area contributed by atoms with E-state index in [2.05, 4.69) is 60.7 Å². The van der Waals surface area contributed by atoms with Gasteiger partial charge in [0.15, 0.2) is 0 Å². The van der Waals surface area contributed by atoms with Crippen LogP contribution in [0.1, 0.15) is 57.1 Å². The van der Waals surface area contributed by atoms with Gasteiger partial charge in [-0.15, -0.1) is 0 Å². The van der Waals surface area contributed by atoms with E-state index in [0.29, 0.717) is 6.54 Å². The van der Waals surface area contributed by atoms with Crippen LogP contribution >= 0.6 is 0 Å². The highest BCUT2D eigenvalue weighted by atomic mass is 16.3. The summed E-state index contributed by atoms with van der Waals surface area (Å²) in [7, 11) is 0. The predicted octanol–water partition coefficient (Wildman–Crippen LogP) is 5.43. The van der Waals surface area contributed by atoms with E-state index in [1.165, 1.54) is 18.4 Å². The van der Waals surface area contributed by atoms with Crippen molar-refractivity contribution in [1.82, 2.24) is 5.32 Å². The summed E-state index contributed by atoms with van der Waals surface area (Å²) in [4.78, 5) is 4.41. The van der Waals surface area contributed by atoms with Crippen LogP contribution in [0.4, 0.5) is 5.69 Å². The molecule has 2 aromatic rings. The standard InChI is InChI=1S/C19H27N3O.C3H8/c1-3-11-20-12-4-13-22-18-8-6-17(7-9-18)14-21-15-19-10-5-16(2)23-19;1-3-2/h5-10,15,20,22H,3-4,11-14H2,1-2H3;3H2,1-2H3. The average molecular weight is 358 g/mol. The van der Waals surface area contributed by atoms with E-state index >= 15 is 0 Å². The largest absolute Gasteiger partial charge is 0.460 e. The molecule has 4 nitrogen and oxygen atoms in total. The molecule has 1 heterocycles. The van der Waals surface area contributed by atoms with Gasteiger partial charge in [0.2, 0.25) is 0 Å². The van der Waals surface area contributed by atoms with Crippen molar-refractivity contribution in [1.29, 1.82) is 0 Å². The minimum atomic E-state index is 0.668. The molecule has 0 saturated carbocycles. The summed E-state index contributed by atoms with van der Waals surface area (Å²) >= 11 is 0. The number of hydrogen-bond donors (Lipinski definition) is 2. The maximum absolute atomic E-state index is 5.46. The molecule has 2 rings (SSSR count). The number of nitrogens with one attached hydrogen (secondary N) is 2. The van der Waals surface area contributed by atoms with Gasteiger partial charge in [-0.1, -0.05) is 39.3 Å². The molecule has 1 aromatic heterocycles. The molecule has 0 aliphatic carbocycles. The molecule has 144 valence electrons. The molecule has 0 atom stereocenters. The molecule has 0 unspecified atom stereocenters. The lowest BCUT2D eigenvalue weighted by Crippen LogP contribution is -2.18. The van der Waals surface area contributed by atoms with Crippen molar-refractivity contribution in [3.05, 3.63) is 53.5 Å². The lowest BCUT2D eigenvalue weighted by Gasteiger charge is -2.07. The highest BCUT2D eigenvalue weighted by Crippen LogP contribution is 2.10. The lowest BCUT2D eigenvalue weighted by molar-refractivity contribution is 0.527. The quantitative estimate of drug-likeness (QED) is 0.440. The first kappa shape index (κ1) is 22.0. The molecule has 1 aromatic carbocycles. The Bertz CT molecular complexity index is 602. The summed E-state index contributed by atoms with van der Waals surface area (Å²) in [6.07, 6.45) is 5.36. The molecule has 2 N–H and O–H groups in total. The van der Waals surface area contributed by atoms with Gasteiger partial charge in [0.25, 0.3) is 0 Å². The summed E-state index contributed by atoms with van der Waals surface area (Å²) in [5.74, 6) is 1.71. The second kappa shape index (κ2) is 14.1. The zero-order valence-electron chi connectivity index (χ0n) is 16.8. The maximum atomic E-state index is 5.46. The van der Waals surface area contributed by atoms with E-state index in [-0.39, 0.29) is 0 Å². The molecule has 0 radical (unpaired) electrons. The van der Waals surface area contributed by atoms with Gasteiger partial charge in [0.05, 0.1) is 12.8 Å². The summed E-state index contributed by atoms with van der Waals surface area (Å²) < 4.78 is 5.46. The number of aryl methyl sites for hydroxylation is 1. The van der Waals surface area contributed by atoms with Gasteiger partial charge in [-0.25, -0.2) is 0 Å². The molecule has 0 aliphatic heterocycles. The van der Waals surface area contributed by atoms with Gasteiger partial charge in [-0.05, 0) is 62.7 Å². The Morgan fingerprint density at radius 1 is 0.962 bits per heavy atom. The van der Waals surface area contributed by atoms with E-state index in [0.717, 1.165) is 43.3 Å². The predicted molar refractivity (Wildman–Crippen MR) is 113 cm³/mol. The Morgan fingerprint density at radius 3 is 2.31 bits per heavy atom. The molecule has 0 bridgehead atoms. The third-order valence-electron chi connectivity index (χ3n) is 3.49. The fraction of sp³-hybridized carbons (Fsp3) is 0.500. The van der Waals surface area contributed by atoms with Crippen LogP contribution in [0.3, 0.4) is 0 Å². The fourth-order valence-corrected chi connectivity index (χ4v) is 2.24. The van der Waals surface area contributed by atoms with Crippen molar-refractivity contribution in [3.63, 3.8) is 0 Å². The smallest absolute Gasteiger partial charge is 0.144 e. The summed E-state index contributed by atoms with van der Waals surface area (Å²) in [5.41, 5.74) is 2.36. The maximum Gasteiger partial charge on any atom is 0.144 e. The van der Waals surface area contributed by atoms with Crippen molar-refractivity contribution in [2.45, 2.75) is 53.5 Å². The van der Waals surface area contributed by atoms with Gasteiger partial charge in [-0.2, -0.15) is 0 Å². The Morgan fingerprint density at radius 2 is 1.69 bits per heavy atom. The fourth-order valence-electron chi connectivity index (χ4n) is 2.24. The van der Waals surface area contributed by atoms with E-state index in [9.17, 15) is 0 Å². The topological polar surface area (TPSA) is 49.6 Å². The van der Waals surface area contributed by atoms with Crippen LogP contribution in [0.5, 0.6) is 0 Å². The van der Waals surface area contributed by atoms with Crippen molar-refractivity contribution in [2.24, 2.45) is 4.99 Å². The SMILES string of the molecule is CCC.CCCNCCCNc1ccc(CN=Cc2ccc(C)o2)cc1. The minimum Gasteiger partial charge on any atom is -0.460 e. The Kier molecular flexibility index (Phi) is 11.9. The van der Waals surface area contributed by atoms with Gasteiger partial charge >= 0.3 is 0 Å². The van der Waals surface area contributed by atoms with Crippen LogP contribution in [-0.4, -0.2) is 25.8 Å². The summed E-state index contributed by atoms with van der Waals surface area (Å²) in [6.45, 7) is 12.2. The zero-order chi connectivity index (χ0) is 19.0. The Balaban J connectivity index is 0.00000105. The molecule has 4 heteroatoms. The van der Waals surface area contributed by atoms with Crippen molar-refractivity contribution >= 4 is 11.9 Å². The first-order valence-corrected chi connectivity index (χ1v) is 9.79. The molecule has 0 fully saturated rings. The average Bonchev–Trinajstić information content (AvgIpc) is 3.05. The molecule has 0 spiro atoms. The molecule has 0 saturated heterocycles. The van der Waals surface area contributed by atoms with Crippen molar-refractivity contribution in [2.75, 3.05) is 25.0 Å². The minimum absolute atomic E-state index is 0.668. The summed E-state index contributed by atoms with van der Waals surface area (Å²) in [5, 5.41) is 6.85. The first-order valence-electron chi connectivity index (χ1n) is 9.79. The van der Waals surface area contributed by atoms with Crippen LogP contribution in [-0.2, 0) is 6.54 Å². The van der Waals surface area contributed by atoms with E-state index in [4.69, 9.17) is 4.42 Å². The zero-order valence-corrected chi connectivity index (χ0v) is 16.8. The number of anilines is 1. The highest BCUT2D eigenvalue weighted by molar-refractivity contribution is 5.75. The van der Waals surface area contributed by atoms with E-state index in [1.54, 1.807) is 6.21 Å². The molecule has 0 amide bonds. The van der Waals surface area contributed by atoms with Gasteiger partial charge in [-0.3, -0.25) is 4.99 Å². The van der Waals surface area contributed by atoms with E-state index in [1.807, 2.05) is 19.1 Å². The van der Waals surface area contributed by atoms with Gasteiger partial charge in [0.1, 0.15) is 11.5 Å². The third-order valence-corrected chi connectivity index (χ3v) is 3.49. The monoisotopic (exact) mass is 357 g/mol. The molecular weight excluding hydrogens is 322 g/mol. The lowest BCUT2D eigenvalue weighted by atomic mass is 10.2.